The lowest BCUT2D eigenvalue weighted by Crippen LogP contribution is -1.94. The van der Waals surface area contributed by atoms with E-state index in [1.165, 1.54) is 27.4 Å². The van der Waals surface area contributed by atoms with E-state index in [-0.39, 0.29) is 0 Å². The van der Waals surface area contributed by atoms with Gasteiger partial charge >= 0.3 is 0 Å². The smallest absolute Gasteiger partial charge is 0.119 e. The number of methoxy groups -OCH3 is 1. The van der Waals surface area contributed by atoms with Gasteiger partial charge in [-0.15, -0.1) is 0 Å². The van der Waals surface area contributed by atoms with Gasteiger partial charge in [-0.3, -0.25) is 0 Å². The lowest BCUT2D eigenvalue weighted by atomic mass is 10.1. The second-order valence-corrected chi connectivity index (χ2v) is 5.57. The standard InChI is InChI=1S/C20H17NO/c1-14-7-12-18-17-5-3-4-6-19(17)21(20(18)13-14)15-8-10-16(22-2)11-9-15/h3-13H,1-2H3. The van der Waals surface area contributed by atoms with E-state index in [4.69, 9.17) is 4.74 Å². The van der Waals surface area contributed by atoms with Crippen LogP contribution in [0.2, 0.25) is 0 Å². The maximum atomic E-state index is 5.27. The Balaban J connectivity index is 2.10. The van der Waals surface area contributed by atoms with Gasteiger partial charge in [0, 0.05) is 16.5 Å². The van der Waals surface area contributed by atoms with Crippen molar-refractivity contribution < 1.29 is 4.74 Å². The summed E-state index contributed by atoms with van der Waals surface area (Å²) < 4.78 is 7.59. The van der Waals surface area contributed by atoms with Crippen LogP contribution in [0.3, 0.4) is 0 Å². The Labute approximate surface area is 129 Å². The van der Waals surface area contributed by atoms with Crippen molar-refractivity contribution in [2.75, 3.05) is 7.11 Å². The number of ether oxygens (including phenoxy) is 1. The Morgan fingerprint density at radius 3 is 2.27 bits per heavy atom. The lowest BCUT2D eigenvalue weighted by Gasteiger charge is -2.09. The molecule has 0 aliphatic heterocycles. The highest BCUT2D eigenvalue weighted by Gasteiger charge is 2.11. The molecule has 1 heterocycles. The highest BCUT2D eigenvalue weighted by Crippen LogP contribution is 2.32. The zero-order chi connectivity index (χ0) is 15.1. The molecule has 0 fully saturated rings. The Kier molecular flexibility index (Phi) is 2.90. The molecule has 108 valence electrons. The molecule has 0 atom stereocenters. The summed E-state index contributed by atoms with van der Waals surface area (Å²) in [6.07, 6.45) is 0. The number of nitrogens with zero attached hydrogens (tertiary/aromatic N) is 1. The largest absolute Gasteiger partial charge is 0.497 e. The fourth-order valence-corrected chi connectivity index (χ4v) is 3.09. The minimum atomic E-state index is 0.876. The van der Waals surface area contributed by atoms with E-state index in [1.54, 1.807) is 7.11 Å². The molecule has 0 bridgehead atoms. The fraction of sp³-hybridized carbons (Fsp3) is 0.100. The monoisotopic (exact) mass is 287 g/mol. The number of benzene rings is 3. The van der Waals surface area contributed by atoms with Crippen LogP contribution in [0.1, 0.15) is 5.56 Å². The van der Waals surface area contributed by atoms with Crippen molar-refractivity contribution in [3.63, 3.8) is 0 Å². The molecule has 0 aliphatic carbocycles. The maximum Gasteiger partial charge on any atom is 0.119 e. The van der Waals surface area contributed by atoms with Gasteiger partial charge in [-0.2, -0.15) is 0 Å². The van der Waals surface area contributed by atoms with Gasteiger partial charge < -0.3 is 9.30 Å². The van der Waals surface area contributed by atoms with Crippen LogP contribution in [-0.4, -0.2) is 11.7 Å². The van der Waals surface area contributed by atoms with E-state index in [0.29, 0.717) is 0 Å². The summed E-state index contributed by atoms with van der Waals surface area (Å²) in [7, 11) is 1.69. The van der Waals surface area contributed by atoms with E-state index >= 15 is 0 Å². The van der Waals surface area contributed by atoms with Gasteiger partial charge in [0.25, 0.3) is 0 Å². The molecule has 0 saturated carbocycles. The first-order valence-electron chi connectivity index (χ1n) is 7.42. The van der Waals surface area contributed by atoms with Crippen molar-refractivity contribution in [3.8, 4) is 11.4 Å². The van der Waals surface area contributed by atoms with E-state index in [9.17, 15) is 0 Å². The van der Waals surface area contributed by atoms with Crippen LogP contribution in [-0.2, 0) is 0 Å². The molecule has 1 aromatic heterocycles. The normalized spacial score (nSPS) is 11.2. The van der Waals surface area contributed by atoms with Crippen molar-refractivity contribution >= 4 is 21.8 Å². The van der Waals surface area contributed by atoms with E-state index in [1.807, 2.05) is 12.1 Å². The molecular weight excluding hydrogens is 270 g/mol. The second-order valence-electron chi connectivity index (χ2n) is 5.57. The number of hydrogen-bond acceptors (Lipinski definition) is 1. The molecule has 0 N–H and O–H groups in total. The summed E-state index contributed by atoms with van der Waals surface area (Å²) in [5.41, 5.74) is 4.89. The van der Waals surface area contributed by atoms with Crippen LogP contribution in [0, 0.1) is 6.92 Å². The number of fused-ring (bicyclic) bond motifs is 3. The Hall–Kier alpha value is -2.74. The maximum absolute atomic E-state index is 5.27. The first-order chi connectivity index (χ1) is 10.8. The van der Waals surface area contributed by atoms with Crippen LogP contribution in [0.25, 0.3) is 27.5 Å². The number of para-hydroxylation sites is 1. The first-order valence-corrected chi connectivity index (χ1v) is 7.42. The molecule has 2 nitrogen and oxygen atoms in total. The Bertz CT molecular complexity index is 964. The van der Waals surface area contributed by atoms with Gasteiger partial charge in [-0.05, 0) is 48.9 Å². The summed E-state index contributed by atoms with van der Waals surface area (Å²) in [6.45, 7) is 2.13. The van der Waals surface area contributed by atoms with E-state index in [2.05, 4.69) is 66.1 Å². The Morgan fingerprint density at radius 1 is 0.773 bits per heavy atom. The van der Waals surface area contributed by atoms with Crippen LogP contribution >= 0.6 is 0 Å². The number of aryl methyl sites for hydroxylation is 1. The SMILES string of the molecule is COc1ccc(-n2c3ccccc3c3ccc(C)cc32)cc1. The van der Waals surface area contributed by atoms with Gasteiger partial charge in [0.2, 0.25) is 0 Å². The predicted molar refractivity (Wildman–Crippen MR) is 92.1 cm³/mol. The fourth-order valence-electron chi connectivity index (χ4n) is 3.09. The minimum Gasteiger partial charge on any atom is -0.497 e. The highest BCUT2D eigenvalue weighted by atomic mass is 16.5. The molecule has 0 aliphatic rings. The molecule has 0 amide bonds. The molecule has 4 rings (SSSR count). The molecule has 0 radical (unpaired) electrons. The summed E-state index contributed by atoms with van der Waals surface area (Å²) in [6, 6.07) is 23.4. The molecule has 0 spiro atoms. The van der Waals surface area contributed by atoms with Gasteiger partial charge in [-0.1, -0.05) is 30.3 Å². The molecule has 2 heteroatoms. The van der Waals surface area contributed by atoms with Gasteiger partial charge in [-0.25, -0.2) is 0 Å². The van der Waals surface area contributed by atoms with Gasteiger partial charge in [0.05, 0.1) is 18.1 Å². The minimum absolute atomic E-state index is 0.876. The van der Waals surface area contributed by atoms with E-state index in [0.717, 1.165) is 11.4 Å². The van der Waals surface area contributed by atoms with Crippen LogP contribution in [0.5, 0.6) is 5.75 Å². The predicted octanol–water partition coefficient (Wildman–Crippen LogP) is 5.10. The zero-order valence-electron chi connectivity index (χ0n) is 12.7. The Morgan fingerprint density at radius 2 is 1.50 bits per heavy atom. The molecule has 4 aromatic rings. The zero-order valence-corrected chi connectivity index (χ0v) is 12.7. The van der Waals surface area contributed by atoms with Crippen molar-refractivity contribution in [2.24, 2.45) is 0 Å². The number of aromatic nitrogens is 1. The summed E-state index contributed by atoms with van der Waals surface area (Å²) in [4.78, 5) is 0. The lowest BCUT2D eigenvalue weighted by molar-refractivity contribution is 0.415. The third-order valence-corrected chi connectivity index (χ3v) is 4.16. The average Bonchev–Trinajstić information content (AvgIpc) is 2.88. The topological polar surface area (TPSA) is 14.2 Å². The average molecular weight is 287 g/mol. The number of rotatable bonds is 2. The van der Waals surface area contributed by atoms with Gasteiger partial charge in [0.15, 0.2) is 0 Å². The summed E-state index contributed by atoms with van der Waals surface area (Å²) in [5.74, 6) is 0.876. The molecular formula is C20H17NO. The van der Waals surface area contributed by atoms with Crippen LogP contribution < -0.4 is 4.74 Å². The molecule has 0 unspecified atom stereocenters. The van der Waals surface area contributed by atoms with Gasteiger partial charge in [0.1, 0.15) is 5.75 Å². The van der Waals surface area contributed by atoms with Crippen molar-refractivity contribution in [1.82, 2.24) is 4.57 Å². The van der Waals surface area contributed by atoms with Crippen molar-refractivity contribution in [2.45, 2.75) is 6.92 Å². The summed E-state index contributed by atoms with van der Waals surface area (Å²) >= 11 is 0. The number of hydrogen-bond donors (Lipinski definition) is 0. The van der Waals surface area contributed by atoms with Crippen molar-refractivity contribution in [3.05, 3.63) is 72.3 Å². The van der Waals surface area contributed by atoms with Crippen molar-refractivity contribution in [1.29, 1.82) is 0 Å². The molecule has 3 aromatic carbocycles. The second kappa shape index (κ2) is 4.92. The first kappa shape index (κ1) is 13.0. The van der Waals surface area contributed by atoms with Crippen LogP contribution in [0.4, 0.5) is 0 Å². The molecule has 0 saturated heterocycles. The van der Waals surface area contributed by atoms with E-state index < -0.39 is 0 Å². The quantitative estimate of drug-likeness (QED) is 0.500. The van der Waals surface area contributed by atoms with Crippen LogP contribution in [0.15, 0.2) is 66.7 Å². The molecule has 22 heavy (non-hydrogen) atoms. The summed E-state index contributed by atoms with van der Waals surface area (Å²) in [5, 5.41) is 2.57. The highest BCUT2D eigenvalue weighted by molar-refractivity contribution is 6.09. The third-order valence-electron chi connectivity index (χ3n) is 4.16. The third kappa shape index (κ3) is 1.88.